The number of rotatable bonds is 5. The number of aromatic nitrogens is 2. The number of nitrogens with two attached hydrogens (primary N) is 1. The Morgan fingerprint density at radius 3 is 2.18 bits per heavy atom. The van der Waals surface area contributed by atoms with Crippen molar-refractivity contribution in [2.45, 2.75) is 24.0 Å². The number of anilines is 1. The Labute approximate surface area is 217 Å². The highest BCUT2D eigenvalue weighted by atomic mass is 32.2. The van der Waals surface area contributed by atoms with Crippen molar-refractivity contribution in [3.8, 4) is 22.4 Å². The Hall–Kier alpha value is -3.14. The molecule has 38 heavy (non-hydrogen) atoms. The van der Waals surface area contributed by atoms with E-state index in [1.807, 2.05) is 0 Å². The van der Waals surface area contributed by atoms with Crippen molar-refractivity contribution in [2.75, 3.05) is 30.8 Å². The first-order valence-electron chi connectivity index (χ1n) is 11.2. The van der Waals surface area contributed by atoms with Gasteiger partial charge in [-0.1, -0.05) is 12.1 Å². The molecular weight excluding hydrogens is 550 g/mol. The van der Waals surface area contributed by atoms with Crippen LogP contribution in [0.4, 0.5) is 23.4 Å². The third-order valence-electron chi connectivity index (χ3n) is 6.00. The van der Waals surface area contributed by atoms with E-state index in [1.54, 1.807) is 6.92 Å². The summed E-state index contributed by atoms with van der Waals surface area (Å²) in [6, 6.07) is 9.26. The number of hydrogen-bond acceptors (Lipinski definition) is 7. The zero-order chi connectivity index (χ0) is 28.0. The molecule has 1 aliphatic heterocycles. The summed E-state index contributed by atoms with van der Waals surface area (Å²) < 4.78 is 105. The van der Waals surface area contributed by atoms with Crippen LogP contribution in [0, 0.1) is 5.82 Å². The van der Waals surface area contributed by atoms with Gasteiger partial charge in [0.15, 0.2) is 0 Å². The summed E-state index contributed by atoms with van der Waals surface area (Å²) in [5.41, 5.74) is 0.111. The molecule has 1 fully saturated rings. The predicted octanol–water partition coefficient (Wildman–Crippen LogP) is 3.09. The van der Waals surface area contributed by atoms with Gasteiger partial charge in [0.1, 0.15) is 11.6 Å². The Morgan fingerprint density at radius 1 is 0.974 bits per heavy atom. The van der Waals surface area contributed by atoms with Crippen molar-refractivity contribution in [1.29, 1.82) is 0 Å². The molecule has 0 spiro atoms. The molecule has 0 radical (unpaired) electrons. The summed E-state index contributed by atoms with van der Waals surface area (Å²) in [4.78, 5) is 8.80. The largest absolute Gasteiger partial charge is 0.451 e. The molecule has 15 heteroatoms. The van der Waals surface area contributed by atoms with Gasteiger partial charge in [-0.3, -0.25) is 0 Å². The number of sulfonamides is 2. The monoisotopic (exact) mass is 573 g/mol. The maximum absolute atomic E-state index is 14.0. The second-order valence-electron chi connectivity index (χ2n) is 8.84. The Morgan fingerprint density at radius 2 is 1.63 bits per heavy atom. The fourth-order valence-corrected chi connectivity index (χ4v) is 6.03. The van der Waals surface area contributed by atoms with Gasteiger partial charge in [-0.2, -0.15) is 17.5 Å². The fraction of sp³-hybridized carbons (Fsp3) is 0.304. The number of benzene rings is 2. The van der Waals surface area contributed by atoms with Crippen LogP contribution >= 0.6 is 0 Å². The minimum absolute atomic E-state index is 0.00352. The maximum Gasteiger partial charge on any atom is 0.451 e. The van der Waals surface area contributed by atoms with Crippen molar-refractivity contribution in [2.24, 2.45) is 5.14 Å². The van der Waals surface area contributed by atoms with Crippen molar-refractivity contribution >= 4 is 25.9 Å². The Kier molecular flexibility index (Phi) is 7.24. The van der Waals surface area contributed by atoms with E-state index < -0.39 is 43.9 Å². The van der Waals surface area contributed by atoms with E-state index >= 15 is 0 Å². The first-order chi connectivity index (χ1) is 17.6. The molecule has 2 heterocycles. The summed E-state index contributed by atoms with van der Waals surface area (Å²) in [6.45, 7) is 1.58. The van der Waals surface area contributed by atoms with Crippen molar-refractivity contribution < 1.29 is 34.4 Å². The average molecular weight is 574 g/mol. The first-order valence-corrected chi connectivity index (χ1v) is 14.6. The number of hydrogen-bond donors (Lipinski definition) is 1. The molecule has 2 N–H and O–H groups in total. The lowest BCUT2D eigenvalue weighted by atomic mass is 9.98. The number of alkyl halides is 3. The molecule has 1 unspecified atom stereocenters. The number of nitrogens with zero attached hydrogens (tertiary/aromatic N) is 4. The molecule has 204 valence electrons. The van der Waals surface area contributed by atoms with Crippen molar-refractivity contribution in [1.82, 2.24) is 14.3 Å². The van der Waals surface area contributed by atoms with E-state index in [9.17, 15) is 34.4 Å². The highest BCUT2D eigenvalue weighted by molar-refractivity contribution is 7.89. The fourth-order valence-electron chi connectivity index (χ4n) is 4.34. The Balaban J connectivity index is 2.02. The zero-order valence-corrected chi connectivity index (χ0v) is 21.8. The summed E-state index contributed by atoms with van der Waals surface area (Å²) in [5, 5.41) is 5.28. The van der Waals surface area contributed by atoms with E-state index in [0.29, 0.717) is 0 Å². The SMILES string of the molecule is CC1CN(c2nc(C(F)(F)F)nc(-c3ccc(F)cc3)c2-c2cccc(S(N)(=O)=O)c2)CCN1S(C)(=O)=O. The summed E-state index contributed by atoms with van der Waals surface area (Å²) >= 11 is 0. The molecule has 3 aromatic rings. The lowest BCUT2D eigenvalue weighted by Gasteiger charge is -2.39. The average Bonchev–Trinajstić information content (AvgIpc) is 2.82. The third-order valence-corrected chi connectivity index (χ3v) is 8.31. The molecule has 1 atom stereocenters. The third kappa shape index (κ3) is 5.80. The minimum Gasteiger partial charge on any atom is -0.353 e. The van der Waals surface area contributed by atoms with Crippen LogP contribution in [0.15, 0.2) is 53.4 Å². The number of halogens is 4. The molecule has 0 saturated carbocycles. The molecule has 0 aliphatic carbocycles. The number of primary sulfonamides is 1. The highest BCUT2D eigenvalue weighted by Gasteiger charge is 2.39. The standard InChI is InChI=1S/C23H23F4N5O4S2/c1-14-13-31(10-11-32(14)37(2,33)34)21-19(16-4-3-5-18(12-16)38(28,35)36)20(15-6-8-17(24)9-7-15)29-22(30-21)23(25,26)27/h3-9,12,14H,10-11,13H2,1-2H3,(H2,28,35,36). The van der Waals surface area contributed by atoms with Gasteiger partial charge >= 0.3 is 6.18 Å². The summed E-state index contributed by atoms with van der Waals surface area (Å²) in [6.07, 6.45) is -3.91. The van der Waals surface area contributed by atoms with E-state index in [2.05, 4.69) is 9.97 Å². The second kappa shape index (κ2) is 9.87. The molecule has 4 rings (SSSR count). The van der Waals surface area contributed by atoms with Gasteiger partial charge < -0.3 is 4.90 Å². The highest BCUT2D eigenvalue weighted by Crippen LogP contribution is 2.41. The van der Waals surface area contributed by atoms with Gasteiger partial charge in [0.05, 0.1) is 22.4 Å². The van der Waals surface area contributed by atoms with E-state index in [1.165, 1.54) is 45.6 Å². The normalized spacial score (nSPS) is 17.6. The van der Waals surface area contributed by atoms with E-state index in [4.69, 9.17) is 5.14 Å². The molecule has 9 nitrogen and oxygen atoms in total. The molecular formula is C23H23F4N5O4S2. The van der Waals surface area contributed by atoms with Gasteiger partial charge in [0.25, 0.3) is 0 Å². The summed E-state index contributed by atoms with van der Waals surface area (Å²) in [7, 11) is -7.75. The van der Waals surface area contributed by atoms with Crippen LogP contribution in [0.3, 0.4) is 0 Å². The maximum atomic E-state index is 14.0. The summed E-state index contributed by atoms with van der Waals surface area (Å²) in [5.74, 6) is -2.27. The van der Waals surface area contributed by atoms with E-state index in [-0.39, 0.29) is 52.7 Å². The van der Waals surface area contributed by atoms with E-state index in [0.717, 1.165) is 18.4 Å². The van der Waals surface area contributed by atoms with Gasteiger partial charge in [-0.05, 0) is 48.9 Å². The topological polar surface area (TPSA) is 127 Å². The molecule has 2 aromatic carbocycles. The lowest BCUT2D eigenvalue weighted by molar-refractivity contribution is -0.144. The van der Waals surface area contributed by atoms with Crippen molar-refractivity contribution in [3.05, 3.63) is 60.2 Å². The lowest BCUT2D eigenvalue weighted by Crippen LogP contribution is -2.54. The van der Waals surface area contributed by atoms with Crippen molar-refractivity contribution in [3.63, 3.8) is 0 Å². The molecule has 1 aliphatic rings. The Bertz CT molecular complexity index is 1580. The van der Waals surface area contributed by atoms with Crippen LogP contribution in [-0.4, -0.2) is 63.0 Å². The molecule has 0 bridgehead atoms. The van der Waals surface area contributed by atoms with Gasteiger partial charge in [0, 0.05) is 31.2 Å². The second-order valence-corrected chi connectivity index (χ2v) is 12.3. The first kappa shape index (κ1) is 27.9. The van der Waals surface area contributed by atoms with Crippen LogP contribution in [0.2, 0.25) is 0 Å². The van der Waals surface area contributed by atoms with Gasteiger partial charge in [0.2, 0.25) is 25.9 Å². The predicted molar refractivity (Wildman–Crippen MR) is 132 cm³/mol. The van der Waals surface area contributed by atoms with Gasteiger partial charge in [-0.15, -0.1) is 0 Å². The van der Waals surface area contributed by atoms with Crippen LogP contribution in [0.25, 0.3) is 22.4 Å². The zero-order valence-electron chi connectivity index (χ0n) is 20.1. The molecule has 0 amide bonds. The van der Waals surface area contributed by atoms with Crippen LogP contribution in [-0.2, 0) is 26.2 Å². The van der Waals surface area contributed by atoms with Gasteiger partial charge in [-0.25, -0.2) is 36.3 Å². The number of piperazine rings is 1. The van der Waals surface area contributed by atoms with Crippen LogP contribution in [0.5, 0.6) is 0 Å². The minimum atomic E-state index is -4.95. The van der Waals surface area contributed by atoms with Crippen LogP contribution < -0.4 is 10.0 Å². The molecule has 1 saturated heterocycles. The van der Waals surface area contributed by atoms with Crippen LogP contribution in [0.1, 0.15) is 12.7 Å². The molecule has 1 aromatic heterocycles. The smallest absolute Gasteiger partial charge is 0.353 e. The quantitative estimate of drug-likeness (QED) is 0.465.